The van der Waals surface area contributed by atoms with Gasteiger partial charge in [0.1, 0.15) is 11.6 Å². The molecule has 0 unspecified atom stereocenters. The molecule has 0 amide bonds. The molecule has 6 nitrogen and oxygen atoms in total. The summed E-state index contributed by atoms with van der Waals surface area (Å²) < 4.78 is 6.18. The smallest absolute Gasteiger partial charge is 0.200 e. The fourth-order valence-corrected chi connectivity index (χ4v) is 3.77. The summed E-state index contributed by atoms with van der Waals surface area (Å²) in [6.45, 7) is 2.55. The number of benzene rings is 1. The number of nitrogens with zero attached hydrogens (tertiary/aromatic N) is 3. The van der Waals surface area contributed by atoms with Gasteiger partial charge in [-0.2, -0.15) is 5.26 Å². The van der Waals surface area contributed by atoms with Crippen LogP contribution in [0.3, 0.4) is 0 Å². The number of rotatable bonds is 5. The molecule has 4 rings (SSSR count). The second-order valence-electron chi connectivity index (χ2n) is 7.48. The van der Waals surface area contributed by atoms with Crippen LogP contribution < -0.4 is 10.6 Å². The maximum absolute atomic E-state index is 9.74. The van der Waals surface area contributed by atoms with E-state index in [1.807, 2.05) is 49.5 Å². The fraction of sp³-hybridized carbons (Fsp3) is 0.292. The van der Waals surface area contributed by atoms with Crippen LogP contribution in [-0.2, 0) is 11.3 Å². The second-order valence-corrected chi connectivity index (χ2v) is 7.48. The quantitative estimate of drug-likeness (QED) is 0.745. The molecule has 1 aromatic heterocycles. The van der Waals surface area contributed by atoms with E-state index in [1.165, 1.54) is 5.56 Å². The van der Waals surface area contributed by atoms with Gasteiger partial charge >= 0.3 is 0 Å². The summed E-state index contributed by atoms with van der Waals surface area (Å²) in [5.41, 5.74) is 3.97. The average Bonchev–Trinajstić information content (AvgIpc) is 3.23. The maximum Gasteiger partial charge on any atom is 0.200 e. The highest BCUT2D eigenvalue weighted by Gasteiger charge is 2.29. The Morgan fingerprint density at radius 3 is 2.80 bits per heavy atom. The van der Waals surface area contributed by atoms with Crippen molar-refractivity contribution >= 4 is 11.5 Å². The molecular formula is C24H25N5O. The number of allylic oxidation sites excluding steroid dienone is 2. The molecule has 1 aromatic carbocycles. The van der Waals surface area contributed by atoms with Gasteiger partial charge in [0.15, 0.2) is 5.96 Å². The second kappa shape index (κ2) is 9.38. The molecule has 152 valence electrons. The molecule has 2 aromatic rings. The molecular weight excluding hydrogens is 374 g/mol. The van der Waals surface area contributed by atoms with Crippen molar-refractivity contribution in [3.05, 3.63) is 83.5 Å². The van der Waals surface area contributed by atoms with Crippen molar-refractivity contribution in [1.29, 1.82) is 5.26 Å². The van der Waals surface area contributed by atoms with E-state index in [1.54, 1.807) is 6.20 Å². The van der Waals surface area contributed by atoms with E-state index in [0.29, 0.717) is 23.8 Å². The lowest BCUT2D eigenvalue weighted by molar-refractivity contribution is 0.0361. The number of pyridine rings is 1. The molecule has 0 bridgehead atoms. The first-order valence-electron chi connectivity index (χ1n) is 10.2. The van der Waals surface area contributed by atoms with Crippen LogP contribution in [0.2, 0.25) is 0 Å². The van der Waals surface area contributed by atoms with Crippen molar-refractivity contribution in [2.24, 2.45) is 4.99 Å². The standard InChI is InChI=1S/C24H25N5O/c1-17-15-27-24(29-23(17)19(14-25)20-10-5-6-13-26-20)28-21-11-7-12-22(21)30-16-18-8-3-2-4-9-18/h2-6,8-10,13,15,21-22H,7,11-12,16H2,1H3,(H2,27,28,29)/b23-19+/t21-,22-/m0/s1. The predicted octanol–water partition coefficient (Wildman–Crippen LogP) is 3.91. The van der Waals surface area contributed by atoms with Gasteiger partial charge in [-0.15, -0.1) is 0 Å². The Balaban J connectivity index is 1.51. The van der Waals surface area contributed by atoms with Gasteiger partial charge < -0.3 is 15.4 Å². The minimum atomic E-state index is 0.0807. The molecule has 6 heteroatoms. The Morgan fingerprint density at radius 2 is 2.03 bits per heavy atom. The number of hydrogen-bond donors (Lipinski definition) is 2. The van der Waals surface area contributed by atoms with Crippen LogP contribution in [0.1, 0.15) is 37.4 Å². The topological polar surface area (TPSA) is 82.3 Å². The lowest BCUT2D eigenvalue weighted by atomic mass is 10.1. The van der Waals surface area contributed by atoms with Crippen molar-refractivity contribution in [1.82, 2.24) is 15.6 Å². The molecule has 2 heterocycles. The normalized spacial score (nSPS) is 23.9. The first kappa shape index (κ1) is 19.9. The van der Waals surface area contributed by atoms with E-state index in [2.05, 4.69) is 33.8 Å². The summed E-state index contributed by atoms with van der Waals surface area (Å²) in [4.78, 5) is 9.21. The van der Waals surface area contributed by atoms with Gasteiger partial charge in [0.05, 0.1) is 30.1 Å². The first-order chi connectivity index (χ1) is 14.7. The number of nitrogens with one attached hydrogen (secondary N) is 2. The van der Waals surface area contributed by atoms with Crippen molar-refractivity contribution in [2.75, 3.05) is 0 Å². The number of aliphatic imine (C=N–C) groups is 1. The van der Waals surface area contributed by atoms with Crippen molar-refractivity contribution in [2.45, 2.75) is 44.9 Å². The zero-order valence-electron chi connectivity index (χ0n) is 17.0. The molecule has 1 fully saturated rings. The highest BCUT2D eigenvalue weighted by molar-refractivity contribution is 5.91. The van der Waals surface area contributed by atoms with Gasteiger partial charge in [-0.1, -0.05) is 36.4 Å². The van der Waals surface area contributed by atoms with Crippen LogP contribution in [0, 0.1) is 11.3 Å². The molecule has 2 atom stereocenters. The summed E-state index contributed by atoms with van der Waals surface area (Å²) in [6.07, 6.45) is 6.74. The number of aromatic nitrogens is 1. The van der Waals surface area contributed by atoms with E-state index < -0.39 is 0 Å². The molecule has 0 spiro atoms. The Hall–Kier alpha value is -3.43. The van der Waals surface area contributed by atoms with Gasteiger partial charge in [0.2, 0.25) is 0 Å². The monoisotopic (exact) mass is 399 g/mol. The van der Waals surface area contributed by atoms with Crippen molar-refractivity contribution in [3.63, 3.8) is 0 Å². The van der Waals surface area contributed by atoms with Gasteiger partial charge in [0.25, 0.3) is 0 Å². The Labute approximate surface area is 177 Å². The Bertz CT molecular complexity index is 1000. The van der Waals surface area contributed by atoms with Crippen LogP contribution in [0.15, 0.2) is 77.2 Å². The molecule has 0 saturated heterocycles. The third-order valence-electron chi connectivity index (χ3n) is 5.37. The number of guanidine groups is 1. The van der Waals surface area contributed by atoms with Crippen molar-refractivity contribution < 1.29 is 4.74 Å². The van der Waals surface area contributed by atoms with E-state index in [9.17, 15) is 5.26 Å². The summed E-state index contributed by atoms with van der Waals surface area (Å²) in [6, 6.07) is 18.1. The fourth-order valence-electron chi connectivity index (χ4n) is 3.77. The van der Waals surface area contributed by atoms with E-state index in [0.717, 1.165) is 30.5 Å². The number of ether oxygens (including phenoxy) is 1. The van der Waals surface area contributed by atoms with E-state index in [4.69, 9.17) is 9.73 Å². The van der Waals surface area contributed by atoms with Crippen molar-refractivity contribution in [3.8, 4) is 6.07 Å². The zero-order chi connectivity index (χ0) is 20.8. The lowest BCUT2D eigenvalue weighted by Gasteiger charge is -2.24. The Kier molecular flexibility index (Phi) is 6.21. The molecule has 1 saturated carbocycles. The number of nitriles is 1. The van der Waals surface area contributed by atoms with Gasteiger partial charge in [-0.25, -0.2) is 4.99 Å². The number of hydrogen-bond acceptors (Lipinski definition) is 4. The summed E-state index contributed by atoms with van der Waals surface area (Å²) in [5, 5.41) is 16.3. The average molecular weight is 399 g/mol. The van der Waals surface area contributed by atoms with Crippen LogP contribution >= 0.6 is 0 Å². The van der Waals surface area contributed by atoms with Crippen LogP contribution in [-0.4, -0.2) is 23.1 Å². The molecule has 2 N–H and O–H groups in total. The minimum Gasteiger partial charge on any atom is -0.371 e. The molecule has 0 radical (unpaired) electrons. The highest BCUT2D eigenvalue weighted by Crippen LogP contribution is 2.27. The molecule has 30 heavy (non-hydrogen) atoms. The summed E-state index contributed by atoms with van der Waals surface area (Å²) in [5.74, 6) is 0.638. The lowest BCUT2D eigenvalue weighted by Crippen LogP contribution is -2.40. The Morgan fingerprint density at radius 1 is 1.20 bits per heavy atom. The maximum atomic E-state index is 9.74. The van der Waals surface area contributed by atoms with Crippen LogP contribution in [0.4, 0.5) is 0 Å². The van der Waals surface area contributed by atoms with Crippen LogP contribution in [0.5, 0.6) is 0 Å². The minimum absolute atomic E-state index is 0.0807. The summed E-state index contributed by atoms with van der Waals surface area (Å²) in [7, 11) is 0. The zero-order valence-corrected chi connectivity index (χ0v) is 17.0. The third kappa shape index (κ3) is 4.58. The predicted molar refractivity (Wildman–Crippen MR) is 117 cm³/mol. The first-order valence-corrected chi connectivity index (χ1v) is 10.2. The van der Waals surface area contributed by atoms with E-state index in [-0.39, 0.29) is 12.1 Å². The summed E-state index contributed by atoms with van der Waals surface area (Å²) >= 11 is 0. The van der Waals surface area contributed by atoms with Gasteiger partial charge in [-0.3, -0.25) is 4.98 Å². The van der Waals surface area contributed by atoms with Crippen LogP contribution in [0.25, 0.3) is 5.57 Å². The third-order valence-corrected chi connectivity index (χ3v) is 5.37. The van der Waals surface area contributed by atoms with E-state index >= 15 is 0 Å². The highest BCUT2D eigenvalue weighted by atomic mass is 16.5. The molecule has 1 aliphatic carbocycles. The SMILES string of the molecule is CC1=CNC(=N[C@H]2CCC[C@@H]2OCc2ccccc2)N/C1=C(\C#N)c1ccccn1. The largest absolute Gasteiger partial charge is 0.371 e. The van der Waals surface area contributed by atoms with Gasteiger partial charge in [-0.05, 0) is 49.5 Å². The molecule has 2 aliphatic rings. The van der Waals surface area contributed by atoms with Gasteiger partial charge in [0, 0.05) is 12.4 Å². The molecule has 1 aliphatic heterocycles.